The maximum Gasteiger partial charge on any atom is 0.317 e. The molecule has 0 saturated carbocycles. The smallest absolute Gasteiger partial charge is 0.317 e. The van der Waals surface area contributed by atoms with E-state index in [4.69, 9.17) is 0 Å². The zero-order valence-corrected chi connectivity index (χ0v) is 16.2. The Morgan fingerprint density at radius 2 is 1.69 bits per heavy atom. The molecule has 0 atom stereocenters. The van der Waals surface area contributed by atoms with Crippen LogP contribution in [-0.4, -0.2) is 53.4 Å². The lowest BCUT2D eigenvalue weighted by atomic mass is 10.2. The standard InChI is InChI=1S/C22H24FN5O/c23-19-6-8-20(9-7-19)26-12-14-27(15-13-26)22(29)24-11-10-18-16-25-28(17-18)21-4-2-1-3-5-21/h1-9,16-17H,10-15H2,(H,24,29). The zero-order valence-electron chi connectivity index (χ0n) is 16.2. The van der Waals surface area contributed by atoms with Crippen molar-refractivity contribution in [2.45, 2.75) is 6.42 Å². The highest BCUT2D eigenvalue weighted by molar-refractivity contribution is 5.74. The fourth-order valence-electron chi connectivity index (χ4n) is 3.46. The molecule has 6 nitrogen and oxygen atoms in total. The van der Waals surface area contributed by atoms with Crippen LogP contribution in [0.1, 0.15) is 5.56 Å². The number of rotatable bonds is 5. The van der Waals surface area contributed by atoms with Crippen LogP contribution in [0.2, 0.25) is 0 Å². The number of hydrogen-bond donors (Lipinski definition) is 1. The van der Waals surface area contributed by atoms with Crippen molar-refractivity contribution in [3.05, 3.63) is 78.4 Å². The van der Waals surface area contributed by atoms with Crippen LogP contribution in [0.4, 0.5) is 14.9 Å². The molecule has 3 aromatic rings. The van der Waals surface area contributed by atoms with Gasteiger partial charge in [-0.1, -0.05) is 18.2 Å². The highest BCUT2D eigenvalue weighted by Gasteiger charge is 2.21. The Morgan fingerprint density at radius 3 is 2.41 bits per heavy atom. The lowest BCUT2D eigenvalue weighted by molar-refractivity contribution is 0.194. The third-order valence-corrected chi connectivity index (χ3v) is 5.11. The molecule has 150 valence electrons. The Balaban J connectivity index is 1.22. The largest absolute Gasteiger partial charge is 0.368 e. The molecular weight excluding hydrogens is 369 g/mol. The molecule has 2 aromatic carbocycles. The van der Waals surface area contributed by atoms with Gasteiger partial charge in [-0.2, -0.15) is 5.10 Å². The van der Waals surface area contributed by atoms with Crippen molar-refractivity contribution in [2.75, 3.05) is 37.6 Å². The van der Waals surface area contributed by atoms with Gasteiger partial charge in [-0.25, -0.2) is 13.9 Å². The lowest BCUT2D eigenvalue weighted by Crippen LogP contribution is -2.52. The number of aromatic nitrogens is 2. The summed E-state index contributed by atoms with van der Waals surface area (Å²) < 4.78 is 14.9. The van der Waals surface area contributed by atoms with E-state index in [2.05, 4.69) is 15.3 Å². The van der Waals surface area contributed by atoms with Crippen molar-refractivity contribution < 1.29 is 9.18 Å². The molecule has 1 fully saturated rings. The van der Waals surface area contributed by atoms with Crippen LogP contribution < -0.4 is 10.2 Å². The Bertz CT molecular complexity index is 933. The first-order chi connectivity index (χ1) is 14.2. The molecule has 4 rings (SSSR count). The maximum absolute atomic E-state index is 13.1. The summed E-state index contributed by atoms with van der Waals surface area (Å²) in [6.07, 6.45) is 4.55. The second-order valence-corrected chi connectivity index (χ2v) is 7.06. The predicted octanol–water partition coefficient (Wildman–Crippen LogP) is 3.09. The van der Waals surface area contributed by atoms with Gasteiger partial charge < -0.3 is 15.1 Å². The highest BCUT2D eigenvalue weighted by atomic mass is 19.1. The van der Waals surface area contributed by atoms with Gasteiger partial charge in [0.1, 0.15) is 5.82 Å². The molecule has 1 saturated heterocycles. The van der Waals surface area contributed by atoms with Crippen molar-refractivity contribution in [2.24, 2.45) is 0 Å². The molecular formula is C22H24FN5O. The molecule has 1 aromatic heterocycles. The summed E-state index contributed by atoms with van der Waals surface area (Å²) in [5.41, 5.74) is 3.08. The van der Waals surface area contributed by atoms with Gasteiger partial charge in [-0.3, -0.25) is 0 Å². The summed E-state index contributed by atoms with van der Waals surface area (Å²) >= 11 is 0. The minimum absolute atomic E-state index is 0.0424. The molecule has 1 aliphatic rings. The van der Waals surface area contributed by atoms with Gasteiger partial charge in [0.05, 0.1) is 11.9 Å². The number of urea groups is 1. The number of nitrogens with one attached hydrogen (secondary N) is 1. The van der Waals surface area contributed by atoms with Gasteiger partial charge in [-0.05, 0) is 48.4 Å². The average Bonchev–Trinajstić information content (AvgIpc) is 3.24. The van der Waals surface area contributed by atoms with E-state index in [1.165, 1.54) is 12.1 Å². The van der Waals surface area contributed by atoms with Crippen molar-refractivity contribution in [3.8, 4) is 5.69 Å². The summed E-state index contributed by atoms with van der Waals surface area (Å²) in [6, 6.07) is 16.4. The van der Waals surface area contributed by atoms with E-state index in [0.29, 0.717) is 19.6 Å². The van der Waals surface area contributed by atoms with E-state index < -0.39 is 0 Å². The summed E-state index contributed by atoms with van der Waals surface area (Å²) in [4.78, 5) is 16.4. The molecule has 0 unspecified atom stereocenters. The van der Waals surface area contributed by atoms with E-state index >= 15 is 0 Å². The SMILES string of the molecule is O=C(NCCc1cnn(-c2ccccc2)c1)N1CCN(c2ccc(F)cc2)CC1. The molecule has 0 radical (unpaired) electrons. The molecule has 0 bridgehead atoms. The topological polar surface area (TPSA) is 53.4 Å². The molecule has 1 N–H and O–H groups in total. The van der Waals surface area contributed by atoms with Crippen LogP contribution in [0.3, 0.4) is 0 Å². The number of halogens is 1. The van der Waals surface area contributed by atoms with Crippen LogP contribution in [0.5, 0.6) is 0 Å². The summed E-state index contributed by atoms with van der Waals surface area (Å²) in [7, 11) is 0. The number of nitrogens with zero attached hydrogens (tertiary/aromatic N) is 4. The second-order valence-electron chi connectivity index (χ2n) is 7.06. The normalized spacial score (nSPS) is 14.1. The molecule has 2 amide bonds. The van der Waals surface area contributed by atoms with E-state index in [1.807, 2.05) is 52.3 Å². The number of carbonyl (C=O) groups excluding carboxylic acids is 1. The van der Waals surface area contributed by atoms with E-state index in [0.717, 1.165) is 36.4 Å². The fourth-order valence-corrected chi connectivity index (χ4v) is 3.46. The molecule has 7 heteroatoms. The van der Waals surface area contributed by atoms with Crippen LogP contribution in [0.25, 0.3) is 5.69 Å². The van der Waals surface area contributed by atoms with Crippen molar-refractivity contribution in [3.63, 3.8) is 0 Å². The number of amides is 2. The first-order valence-electron chi connectivity index (χ1n) is 9.81. The second kappa shape index (κ2) is 8.77. The molecule has 0 spiro atoms. The quantitative estimate of drug-likeness (QED) is 0.725. The molecule has 2 heterocycles. The van der Waals surface area contributed by atoms with Gasteiger partial charge in [0.25, 0.3) is 0 Å². The fraction of sp³-hybridized carbons (Fsp3) is 0.273. The van der Waals surface area contributed by atoms with Gasteiger partial charge >= 0.3 is 6.03 Å². The van der Waals surface area contributed by atoms with Gasteiger partial charge in [0.2, 0.25) is 0 Å². The van der Waals surface area contributed by atoms with E-state index in [1.54, 1.807) is 12.1 Å². The first kappa shape index (κ1) is 19.0. The summed E-state index contributed by atoms with van der Waals surface area (Å²) in [5, 5.41) is 7.37. The van der Waals surface area contributed by atoms with E-state index in [9.17, 15) is 9.18 Å². The number of anilines is 1. The minimum atomic E-state index is -0.235. The lowest BCUT2D eigenvalue weighted by Gasteiger charge is -2.36. The van der Waals surface area contributed by atoms with Gasteiger partial charge in [0.15, 0.2) is 0 Å². The molecule has 1 aliphatic heterocycles. The van der Waals surface area contributed by atoms with Crippen molar-refractivity contribution >= 4 is 11.7 Å². The Hall–Kier alpha value is -3.35. The van der Waals surface area contributed by atoms with Crippen molar-refractivity contribution in [1.29, 1.82) is 0 Å². The number of benzene rings is 2. The van der Waals surface area contributed by atoms with Crippen LogP contribution >= 0.6 is 0 Å². The number of hydrogen-bond acceptors (Lipinski definition) is 3. The predicted molar refractivity (Wildman–Crippen MR) is 111 cm³/mol. The number of para-hydroxylation sites is 1. The van der Waals surface area contributed by atoms with Gasteiger partial charge in [0, 0.05) is 44.6 Å². The number of carbonyl (C=O) groups is 1. The van der Waals surface area contributed by atoms with Crippen LogP contribution in [0, 0.1) is 5.82 Å². The summed E-state index contributed by atoms with van der Waals surface area (Å²) in [5.74, 6) is -0.235. The summed E-state index contributed by atoms with van der Waals surface area (Å²) in [6.45, 7) is 3.34. The minimum Gasteiger partial charge on any atom is -0.368 e. The average molecular weight is 393 g/mol. The Labute approximate surface area is 169 Å². The molecule has 0 aliphatic carbocycles. The zero-order chi connectivity index (χ0) is 20.1. The van der Waals surface area contributed by atoms with E-state index in [-0.39, 0.29) is 11.8 Å². The molecule has 29 heavy (non-hydrogen) atoms. The monoisotopic (exact) mass is 393 g/mol. The third kappa shape index (κ3) is 4.74. The van der Waals surface area contributed by atoms with Crippen LogP contribution in [-0.2, 0) is 6.42 Å². The van der Waals surface area contributed by atoms with Gasteiger partial charge in [-0.15, -0.1) is 0 Å². The highest BCUT2D eigenvalue weighted by Crippen LogP contribution is 2.17. The third-order valence-electron chi connectivity index (χ3n) is 5.11. The first-order valence-corrected chi connectivity index (χ1v) is 9.81. The maximum atomic E-state index is 13.1. The van der Waals surface area contributed by atoms with Crippen LogP contribution in [0.15, 0.2) is 67.0 Å². The number of piperazine rings is 1. The Kier molecular flexibility index (Phi) is 5.74. The van der Waals surface area contributed by atoms with Crippen molar-refractivity contribution in [1.82, 2.24) is 20.0 Å². The Morgan fingerprint density at radius 1 is 0.966 bits per heavy atom.